The number of ether oxygens (including phenoxy) is 1. The molecule has 0 unspecified atom stereocenters. The minimum Gasteiger partial charge on any atom is -0.493 e. The third-order valence-corrected chi connectivity index (χ3v) is 6.49. The van der Waals surface area contributed by atoms with Gasteiger partial charge in [-0.05, 0) is 54.2 Å². The average molecular weight is 425 g/mol. The third kappa shape index (κ3) is 5.79. The van der Waals surface area contributed by atoms with E-state index in [0.29, 0.717) is 0 Å². The van der Waals surface area contributed by atoms with E-state index in [1.54, 1.807) is 0 Å². The van der Waals surface area contributed by atoms with Crippen LogP contribution in [-0.2, 0) is 5.41 Å². The zero-order chi connectivity index (χ0) is 18.3. The van der Waals surface area contributed by atoms with Gasteiger partial charge in [0.1, 0.15) is 5.75 Å². The summed E-state index contributed by atoms with van der Waals surface area (Å²) in [6, 6.07) is 4.69. The summed E-state index contributed by atoms with van der Waals surface area (Å²) in [6.45, 7) is 10.0. The number of hydrogen-bond donors (Lipinski definition) is 0. The summed E-state index contributed by atoms with van der Waals surface area (Å²) in [4.78, 5) is 1.41. The number of hydrogen-bond acceptors (Lipinski definition) is 2. The van der Waals surface area contributed by atoms with E-state index >= 15 is 0 Å². The van der Waals surface area contributed by atoms with Gasteiger partial charge in [-0.3, -0.25) is 0 Å². The zero-order valence-electron chi connectivity index (χ0n) is 16.3. The molecule has 1 aliphatic heterocycles. The van der Waals surface area contributed by atoms with E-state index in [0.717, 1.165) is 24.1 Å². The number of fused-ring (bicyclic) bond motifs is 1. The van der Waals surface area contributed by atoms with Crippen LogP contribution in [0.25, 0.3) is 5.57 Å². The molecule has 1 heterocycles. The van der Waals surface area contributed by atoms with Gasteiger partial charge in [0.25, 0.3) is 0 Å². The number of unbranched alkanes of at least 4 members (excludes halogenated alkanes) is 4. The molecule has 1 aliphatic rings. The van der Waals surface area contributed by atoms with Crippen molar-refractivity contribution in [2.45, 2.75) is 76.5 Å². The van der Waals surface area contributed by atoms with Crippen LogP contribution in [0.15, 0.2) is 23.1 Å². The summed E-state index contributed by atoms with van der Waals surface area (Å²) in [6.07, 6.45) is 9.84. The Morgan fingerprint density at radius 1 is 1.24 bits per heavy atom. The monoisotopic (exact) mass is 424 g/mol. The van der Waals surface area contributed by atoms with Crippen molar-refractivity contribution in [2.75, 3.05) is 17.7 Å². The van der Waals surface area contributed by atoms with Gasteiger partial charge in [-0.2, -0.15) is 0 Å². The largest absolute Gasteiger partial charge is 0.493 e. The second-order valence-corrected chi connectivity index (χ2v) is 9.42. The van der Waals surface area contributed by atoms with Gasteiger partial charge in [0.15, 0.2) is 0 Å². The summed E-state index contributed by atoms with van der Waals surface area (Å²) in [7, 11) is 0. The average Bonchev–Trinajstić information content (AvgIpc) is 2.57. The molecule has 3 heteroatoms. The molecular formula is C22H33BrOS. The maximum absolute atomic E-state index is 6.25. The van der Waals surface area contributed by atoms with Crippen molar-refractivity contribution in [2.24, 2.45) is 0 Å². The van der Waals surface area contributed by atoms with Crippen molar-refractivity contribution in [1.29, 1.82) is 0 Å². The highest BCUT2D eigenvalue weighted by molar-refractivity contribution is 9.09. The normalized spacial score (nSPS) is 16.6. The molecule has 25 heavy (non-hydrogen) atoms. The Morgan fingerprint density at radius 2 is 2.00 bits per heavy atom. The molecule has 1 aromatic carbocycles. The fourth-order valence-corrected chi connectivity index (χ4v) is 5.30. The predicted molar refractivity (Wildman–Crippen MR) is 117 cm³/mol. The van der Waals surface area contributed by atoms with Gasteiger partial charge in [-0.15, -0.1) is 11.8 Å². The number of thioether (sulfide) groups is 1. The Labute approximate surface area is 167 Å². The van der Waals surface area contributed by atoms with Crippen molar-refractivity contribution < 1.29 is 4.74 Å². The topological polar surface area (TPSA) is 9.23 Å². The first kappa shape index (κ1) is 20.9. The highest BCUT2D eigenvalue weighted by atomic mass is 79.9. The molecule has 0 atom stereocenters. The third-order valence-electron chi connectivity index (χ3n) is 5.11. The van der Waals surface area contributed by atoms with Crippen LogP contribution < -0.4 is 4.74 Å². The Bertz CT molecular complexity index is 592. The van der Waals surface area contributed by atoms with Crippen molar-refractivity contribution in [3.05, 3.63) is 29.3 Å². The Hall–Kier alpha value is -0.410. The zero-order valence-corrected chi connectivity index (χ0v) is 18.7. The fourth-order valence-electron chi connectivity index (χ4n) is 3.30. The second kappa shape index (κ2) is 10.1. The minimum atomic E-state index is 0.253. The molecule has 2 rings (SSSR count). The number of benzene rings is 1. The standard InChI is InChI=1S/C22H33BrOS/c1-5-6-7-8-9-13-24-20-16-21-19(22(3,4)11-14-25-21)15-18(20)17(2)10-12-23/h10,15-16H,5-9,11-14H2,1-4H3/b17-10-. The van der Waals surface area contributed by atoms with E-state index in [-0.39, 0.29) is 5.41 Å². The molecular weight excluding hydrogens is 392 g/mol. The van der Waals surface area contributed by atoms with Gasteiger partial charge in [0.2, 0.25) is 0 Å². The summed E-state index contributed by atoms with van der Waals surface area (Å²) >= 11 is 5.52. The molecule has 0 spiro atoms. The van der Waals surface area contributed by atoms with Gasteiger partial charge >= 0.3 is 0 Å². The fraction of sp³-hybridized carbons (Fsp3) is 0.636. The van der Waals surface area contributed by atoms with Crippen LogP contribution in [0.3, 0.4) is 0 Å². The smallest absolute Gasteiger partial charge is 0.127 e. The predicted octanol–water partition coefficient (Wildman–Crippen LogP) is 7.61. The van der Waals surface area contributed by atoms with Gasteiger partial charge in [0, 0.05) is 15.8 Å². The quantitative estimate of drug-likeness (QED) is 0.297. The number of alkyl halides is 1. The van der Waals surface area contributed by atoms with E-state index in [2.05, 4.69) is 61.8 Å². The summed E-state index contributed by atoms with van der Waals surface area (Å²) in [5.41, 5.74) is 4.30. The highest BCUT2D eigenvalue weighted by Gasteiger charge is 2.29. The second-order valence-electron chi connectivity index (χ2n) is 7.63. The summed E-state index contributed by atoms with van der Waals surface area (Å²) < 4.78 is 6.25. The van der Waals surface area contributed by atoms with Gasteiger partial charge in [0.05, 0.1) is 6.61 Å². The van der Waals surface area contributed by atoms with Crippen LogP contribution in [0.2, 0.25) is 0 Å². The highest BCUT2D eigenvalue weighted by Crippen LogP contribution is 2.45. The van der Waals surface area contributed by atoms with Crippen LogP contribution in [-0.4, -0.2) is 17.7 Å². The molecule has 0 fully saturated rings. The Morgan fingerprint density at radius 3 is 2.72 bits per heavy atom. The molecule has 0 aromatic heterocycles. The lowest BCUT2D eigenvalue weighted by Gasteiger charge is -2.33. The first-order chi connectivity index (χ1) is 12.0. The lowest BCUT2D eigenvalue weighted by atomic mass is 9.80. The van der Waals surface area contributed by atoms with Crippen molar-refractivity contribution in [3.8, 4) is 5.75 Å². The lowest BCUT2D eigenvalue weighted by Crippen LogP contribution is -2.23. The molecule has 0 bridgehead atoms. The lowest BCUT2D eigenvalue weighted by molar-refractivity contribution is 0.302. The Balaban J connectivity index is 2.20. The molecule has 0 aliphatic carbocycles. The van der Waals surface area contributed by atoms with E-state index in [9.17, 15) is 0 Å². The SMILES string of the molecule is CCCCCCCOc1cc2c(cc1/C(C)=C\CBr)C(C)(C)CCS2. The van der Waals surface area contributed by atoms with Crippen LogP contribution >= 0.6 is 27.7 Å². The minimum absolute atomic E-state index is 0.253. The van der Waals surface area contributed by atoms with Gasteiger partial charge in [-0.1, -0.05) is 68.5 Å². The van der Waals surface area contributed by atoms with Crippen LogP contribution in [0, 0.1) is 0 Å². The molecule has 0 saturated carbocycles. The maximum atomic E-state index is 6.25. The molecule has 0 radical (unpaired) electrons. The Kier molecular flexibility index (Phi) is 8.41. The molecule has 0 amide bonds. The molecule has 1 nitrogen and oxygen atoms in total. The van der Waals surface area contributed by atoms with Crippen molar-refractivity contribution >= 4 is 33.3 Å². The van der Waals surface area contributed by atoms with E-state index in [1.165, 1.54) is 59.5 Å². The number of halogens is 1. The van der Waals surface area contributed by atoms with Crippen molar-refractivity contribution in [1.82, 2.24) is 0 Å². The molecule has 140 valence electrons. The summed E-state index contributed by atoms with van der Waals surface area (Å²) in [5.74, 6) is 2.26. The maximum Gasteiger partial charge on any atom is 0.127 e. The number of rotatable bonds is 9. The van der Waals surface area contributed by atoms with Crippen molar-refractivity contribution in [3.63, 3.8) is 0 Å². The van der Waals surface area contributed by atoms with Crippen LogP contribution in [0.4, 0.5) is 0 Å². The van der Waals surface area contributed by atoms with E-state index in [4.69, 9.17) is 4.74 Å². The van der Waals surface area contributed by atoms with Crippen LogP contribution in [0.5, 0.6) is 5.75 Å². The summed E-state index contributed by atoms with van der Waals surface area (Å²) in [5, 5.41) is 0.879. The number of allylic oxidation sites excluding steroid dienone is 2. The van der Waals surface area contributed by atoms with Crippen LogP contribution in [0.1, 0.15) is 77.3 Å². The molecule has 1 aromatic rings. The van der Waals surface area contributed by atoms with Gasteiger partial charge in [-0.25, -0.2) is 0 Å². The van der Waals surface area contributed by atoms with E-state index < -0.39 is 0 Å². The first-order valence-corrected chi connectivity index (χ1v) is 11.8. The molecule has 0 saturated heterocycles. The first-order valence-electron chi connectivity index (χ1n) is 9.67. The van der Waals surface area contributed by atoms with Gasteiger partial charge < -0.3 is 4.74 Å². The van der Waals surface area contributed by atoms with E-state index in [1.807, 2.05) is 11.8 Å². The molecule has 0 N–H and O–H groups in total.